The van der Waals surface area contributed by atoms with E-state index in [-0.39, 0.29) is 6.42 Å². The largest absolute Gasteiger partial charge is 0.369 e. The molecule has 0 heterocycles. The van der Waals surface area contributed by atoms with Gasteiger partial charge in [-0.3, -0.25) is 4.79 Å². The Balaban J connectivity index is 2.30. The van der Waals surface area contributed by atoms with Gasteiger partial charge < -0.3 is 5.73 Å². The smallest absolute Gasteiger partial charge is 0.224 e. The summed E-state index contributed by atoms with van der Waals surface area (Å²) >= 11 is 5.72. The van der Waals surface area contributed by atoms with Gasteiger partial charge in [0.15, 0.2) is 0 Å². The second-order valence-electron chi connectivity index (χ2n) is 3.53. The number of halogens is 2. The summed E-state index contributed by atoms with van der Waals surface area (Å²) in [4.78, 5) is 10.8. The molecule has 14 heavy (non-hydrogen) atoms. The maximum absolute atomic E-state index is 14.0. The maximum atomic E-state index is 14.0. The zero-order chi connectivity index (χ0) is 10.3. The summed E-state index contributed by atoms with van der Waals surface area (Å²) in [5.41, 5.74) is 3.89. The lowest BCUT2D eigenvalue weighted by atomic mass is 10.1. The minimum atomic E-state index is -1.59. The molecule has 0 bridgehead atoms. The van der Waals surface area contributed by atoms with Gasteiger partial charge in [0, 0.05) is 11.4 Å². The van der Waals surface area contributed by atoms with Gasteiger partial charge in [-0.05, 0) is 17.7 Å². The third kappa shape index (κ3) is 1.38. The van der Waals surface area contributed by atoms with E-state index in [0.29, 0.717) is 10.6 Å². The highest BCUT2D eigenvalue weighted by Gasteiger charge is 2.60. The first-order valence-corrected chi connectivity index (χ1v) is 4.66. The van der Waals surface area contributed by atoms with Crippen LogP contribution in [0.15, 0.2) is 24.3 Å². The van der Waals surface area contributed by atoms with Crippen molar-refractivity contribution in [3.05, 3.63) is 34.9 Å². The molecule has 2 rings (SSSR count). The van der Waals surface area contributed by atoms with E-state index in [0.717, 1.165) is 0 Å². The summed E-state index contributed by atoms with van der Waals surface area (Å²) in [6, 6.07) is 6.48. The molecule has 0 aliphatic heterocycles. The normalized spacial score (nSPS) is 30.0. The van der Waals surface area contributed by atoms with Gasteiger partial charge >= 0.3 is 0 Å². The quantitative estimate of drug-likeness (QED) is 0.803. The molecule has 2 N–H and O–H groups in total. The van der Waals surface area contributed by atoms with Crippen molar-refractivity contribution in [2.24, 2.45) is 11.7 Å². The minimum Gasteiger partial charge on any atom is -0.369 e. The van der Waals surface area contributed by atoms with Crippen molar-refractivity contribution in [3.8, 4) is 0 Å². The Kier molecular flexibility index (Phi) is 2.00. The molecular weight excluding hydrogens is 205 g/mol. The van der Waals surface area contributed by atoms with E-state index in [1.807, 2.05) is 0 Å². The number of primary amides is 1. The molecule has 74 valence electrons. The summed E-state index contributed by atoms with van der Waals surface area (Å²) in [5.74, 6) is -1.28. The van der Waals surface area contributed by atoms with E-state index in [1.165, 1.54) is 6.07 Å². The van der Waals surface area contributed by atoms with Crippen molar-refractivity contribution >= 4 is 17.5 Å². The average Bonchev–Trinajstić information content (AvgIpc) is 2.80. The van der Waals surface area contributed by atoms with E-state index < -0.39 is 17.5 Å². The Hall–Kier alpha value is -1.09. The molecule has 1 aliphatic carbocycles. The molecule has 1 fully saturated rings. The van der Waals surface area contributed by atoms with Crippen molar-refractivity contribution in [2.45, 2.75) is 12.1 Å². The van der Waals surface area contributed by atoms with Gasteiger partial charge in [-0.25, -0.2) is 4.39 Å². The predicted molar refractivity (Wildman–Crippen MR) is 51.5 cm³/mol. The second kappa shape index (κ2) is 2.95. The van der Waals surface area contributed by atoms with E-state index in [1.54, 1.807) is 18.2 Å². The SMILES string of the molecule is NC(=O)[C@H]1C[C@]1(F)c1cccc(Cl)c1. The number of carbonyl (C=O) groups is 1. The monoisotopic (exact) mass is 213 g/mol. The highest BCUT2D eigenvalue weighted by atomic mass is 35.5. The molecule has 1 aliphatic rings. The van der Waals surface area contributed by atoms with Crippen molar-refractivity contribution in [3.63, 3.8) is 0 Å². The molecule has 2 atom stereocenters. The summed E-state index contributed by atoms with van der Waals surface area (Å²) < 4.78 is 14.0. The fraction of sp³-hybridized carbons (Fsp3) is 0.300. The molecule has 1 amide bonds. The lowest BCUT2D eigenvalue weighted by molar-refractivity contribution is -0.120. The summed E-state index contributed by atoms with van der Waals surface area (Å²) in [5, 5.41) is 0.467. The van der Waals surface area contributed by atoms with Crippen LogP contribution in [-0.4, -0.2) is 5.91 Å². The number of benzene rings is 1. The third-order valence-electron chi connectivity index (χ3n) is 2.54. The van der Waals surface area contributed by atoms with Crippen molar-refractivity contribution in [1.82, 2.24) is 0 Å². The molecule has 0 saturated heterocycles. The number of alkyl halides is 1. The van der Waals surface area contributed by atoms with Crippen LogP contribution in [0.25, 0.3) is 0 Å². The number of rotatable bonds is 2. The first-order valence-electron chi connectivity index (χ1n) is 4.28. The first kappa shape index (κ1) is 9.46. The van der Waals surface area contributed by atoms with Gasteiger partial charge in [-0.15, -0.1) is 0 Å². The predicted octanol–water partition coefficient (Wildman–Crippen LogP) is 2.01. The van der Waals surface area contributed by atoms with Crippen molar-refractivity contribution < 1.29 is 9.18 Å². The van der Waals surface area contributed by atoms with Gasteiger partial charge in [0.1, 0.15) is 5.67 Å². The maximum Gasteiger partial charge on any atom is 0.224 e. The number of carbonyl (C=O) groups excluding carboxylic acids is 1. The van der Waals surface area contributed by atoms with Gasteiger partial charge in [0.2, 0.25) is 5.91 Å². The summed E-state index contributed by atoms with van der Waals surface area (Å²) in [7, 11) is 0. The van der Waals surface area contributed by atoms with Crippen molar-refractivity contribution in [2.75, 3.05) is 0 Å². The number of nitrogens with two attached hydrogens (primary N) is 1. The molecule has 0 unspecified atom stereocenters. The lowest BCUT2D eigenvalue weighted by Gasteiger charge is -2.06. The van der Waals surface area contributed by atoms with Crippen LogP contribution in [0.2, 0.25) is 5.02 Å². The topological polar surface area (TPSA) is 43.1 Å². The fourth-order valence-electron chi connectivity index (χ4n) is 1.63. The Morgan fingerprint density at radius 2 is 2.36 bits per heavy atom. The Bertz CT molecular complexity index is 395. The van der Waals surface area contributed by atoms with Crippen LogP contribution in [0, 0.1) is 5.92 Å². The molecule has 1 aromatic carbocycles. The summed E-state index contributed by atoms with van der Waals surface area (Å²) in [6.45, 7) is 0. The molecule has 0 radical (unpaired) electrons. The van der Waals surface area contributed by atoms with Crippen LogP contribution in [0.1, 0.15) is 12.0 Å². The highest BCUT2D eigenvalue weighted by molar-refractivity contribution is 6.30. The Morgan fingerprint density at radius 3 is 2.86 bits per heavy atom. The van der Waals surface area contributed by atoms with Crippen molar-refractivity contribution in [1.29, 1.82) is 0 Å². The molecule has 0 aromatic heterocycles. The van der Waals surface area contributed by atoms with Crippen LogP contribution in [0.5, 0.6) is 0 Å². The summed E-state index contributed by atoms with van der Waals surface area (Å²) in [6.07, 6.45) is 0.169. The fourth-order valence-corrected chi connectivity index (χ4v) is 1.82. The molecular formula is C10H9ClFNO. The third-order valence-corrected chi connectivity index (χ3v) is 2.78. The number of hydrogen-bond donors (Lipinski definition) is 1. The van der Waals surface area contributed by atoms with Crippen LogP contribution in [-0.2, 0) is 10.5 Å². The zero-order valence-corrected chi connectivity index (χ0v) is 8.09. The van der Waals surface area contributed by atoms with Gasteiger partial charge in [0.25, 0.3) is 0 Å². The standard InChI is InChI=1S/C10H9ClFNO/c11-7-3-1-2-6(4-7)10(12)5-8(10)9(13)14/h1-4,8H,5H2,(H2,13,14)/t8-,10+/m1/s1. The first-order chi connectivity index (χ1) is 6.54. The number of amides is 1. The Labute approximate surface area is 85.9 Å². The highest BCUT2D eigenvalue weighted by Crippen LogP contribution is 2.55. The molecule has 4 heteroatoms. The van der Waals surface area contributed by atoms with Crippen LogP contribution in [0.4, 0.5) is 4.39 Å². The van der Waals surface area contributed by atoms with E-state index in [4.69, 9.17) is 17.3 Å². The van der Waals surface area contributed by atoms with Crippen LogP contribution >= 0.6 is 11.6 Å². The average molecular weight is 214 g/mol. The molecule has 2 nitrogen and oxygen atoms in total. The van der Waals surface area contributed by atoms with E-state index in [9.17, 15) is 9.18 Å². The van der Waals surface area contributed by atoms with Gasteiger partial charge in [-0.2, -0.15) is 0 Å². The zero-order valence-electron chi connectivity index (χ0n) is 7.34. The van der Waals surface area contributed by atoms with Crippen LogP contribution < -0.4 is 5.73 Å². The van der Waals surface area contributed by atoms with E-state index in [2.05, 4.69) is 0 Å². The molecule has 1 aromatic rings. The molecule has 0 spiro atoms. The van der Waals surface area contributed by atoms with Gasteiger partial charge in [-0.1, -0.05) is 23.7 Å². The molecule has 1 saturated carbocycles. The minimum absolute atomic E-state index is 0.169. The Morgan fingerprint density at radius 1 is 1.64 bits per heavy atom. The van der Waals surface area contributed by atoms with Crippen LogP contribution in [0.3, 0.4) is 0 Å². The van der Waals surface area contributed by atoms with Gasteiger partial charge in [0.05, 0.1) is 5.92 Å². The lowest BCUT2D eigenvalue weighted by Crippen LogP contribution is -2.18. The van der Waals surface area contributed by atoms with E-state index >= 15 is 0 Å². The number of hydrogen-bond acceptors (Lipinski definition) is 1. The second-order valence-corrected chi connectivity index (χ2v) is 3.97.